The lowest BCUT2D eigenvalue weighted by atomic mass is 10.1. The number of carboxylic acids is 1. The Hall–Kier alpha value is -1.07. The van der Waals surface area contributed by atoms with E-state index in [1.807, 2.05) is 0 Å². The molecule has 1 aliphatic carbocycles. The number of hydrogen-bond donors (Lipinski definition) is 2. The summed E-state index contributed by atoms with van der Waals surface area (Å²) in [6, 6.07) is 4.89. The van der Waals surface area contributed by atoms with E-state index in [-0.39, 0.29) is 0 Å². The molecule has 0 bridgehead atoms. The summed E-state index contributed by atoms with van der Waals surface area (Å²) in [5, 5.41) is 12.1. The van der Waals surface area contributed by atoms with E-state index in [1.54, 1.807) is 18.2 Å². The molecule has 17 heavy (non-hydrogen) atoms. The van der Waals surface area contributed by atoms with Crippen LogP contribution in [0.3, 0.4) is 0 Å². The topological polar surface area (TPSA) is 66.4 Å². The molecule has 4 nitrogen and oxygen atoms in total. The quantitative estimate of drug-likeness (QED) is 0.842. The molecule has 1 saturated carbocycles. The van der Waals surface area contributed by atoms with E-state index < -0.39 is 17.3 Å². The molecule has 90 valence electrons. The summed E-state index contributed by atoms with van der Waals surface area (Å²) >= 11 is 9.02. The van der Waals surface area contributed by atoms with Gasteiger partial charge in [-0.05, 0) is 47.0 Å². The van der Waals surface area contributed by atoms with Crippen molar-refractivity contribution in [2.75, 3.05) is 5.32 Å². The summed E-state index contributed by atoms with van der Waals surface area (Å²) < 4.78 is 0.625. The zero-order chi connectivity index (χ0) is 12.6. The number of aliphatic carboxylic acids is 1. The number of carbonyl (C=O) groups excluding carboxylic acids is 1. The van der Waals surface area contributed by atoms with E-state index in [0.717, 1.165) is 0 Å². The fourth-order valence-electron chi connectivity index (χ4n) is 1.50. The standard InChI is InChI=1S/C11H9BrClNO3/c12-7-5-6(13)1-2-8(7)14-9(15)11(3-4-11)10(16)17/h1-2,5H,3-4H2,(H,14,15)(H,16,17). The third-order valence-corrected chi connectivity index (χ3v) is 3.66. The molecule has 1 amide bonds. The van der Waals surface area contributed by atoms with Crippen LogP contribution in [0.4, 0.5) is 5.69 Å². The molecule has 2 rings (SSSR count). The molecule has 1 fully saturated rings. The largest absolute Gasteiger partial charge is 0.480 e. The summed E-state index contributed by atoms with van der Waals surface area (Å²) in [5.41, 5.74) is -0.717. The van der Waals surface area contributed by atoms with Gasteiger partial charge in [0.2, 0.25) is 5.91 Å². The summed E-state index contributed by atoms with van der Waals surface area (Å²) in [4.78, 5) is 22.8. The Morgan fingerprint density at radius 1 is 1.41 bits per heavy atom. The van der Waals surface area contributed by atoms with Crippen LogP contribution in [0.2, 0.25) is 5.02 Å². The highest BCUT2D eigenvalue weighted by Gasteiger charge is 2.57. The normalized spacial score (nSPS) is 16.4. The number of carboxylic acid groups (broad SMARTS) is 1. The molecule has 0 heterocycles. The van der Waals surface area contributed by atoms with E-state index in [1.165, 1.54) is 0 Å². The van der Waals surface area contributed by atoms with Crippen LogP contribution in [0.15, 0.2) is 22.7 Å². The second-order valence-electron chi connectivity index (χ2n) is 3.97. The highest BCUT2D eigenvalue weighted by Crippen LogP contribution is 2.47. The number of halogens is 2. The minimum absolute atomic E-state index is 0.388. The summed E-state index contributed by atoms with van der Waals surface area (Å²) in [6.07, 6.45) is 0.777. The average Bonchev–Trinajstić information content (AvgIpc) is 3.02. The smallest absolute Gasteiger partial charge is 0.319 e. The molecule has 0 aromatic heterocycles. The zero-order valence-electron chi connectivity index (χ0n) is 8.67. The Morgan fingerprint density at radius 3 is 2.53 bits per heavy atom. The Morgan fingerprint density at radius 2 is 2.06 bits per heavy atom. The maximum atomic E-state index is 11.8. The highest BCUT2D eigenvalue weighted by molar-refractivity contribution is 9.10. The van der Waals surface area contributed by atoms with Gasteiger partial charge in [-0.2, -0.15) is 0 Å². The molecule has 0 atom stereocenters. The Labute approximate surface area is 111 Å². The predicted octanol–water partition coefficient (Wildman–Crippen LogP) is 2.91. The first-order chi connectivity index (χ1) is 7.95. The molecule has 0 aliphatic heterocycles. The number of benzene rings is 1. The number of carbonyl (C=O) groups is 2. The lowest BCUT2D eigenvalue weighted by Crippen LogP contribution is -2.31. The second kappa shape index (κ2) is 4.31. The minimum atomic E-state index is -1.24. The first-order valence-electron chi connectivity index (χ1n) is 4.95. The number of anilines is 1. The number of nitrogens with one attached hydrogen (secondary N) is 1. The van der Waals surface area contributed by atoms with Crippen molar-refractivity contribution in [3.63, 3.8) is 0 Å². The third-order valence-electron chi connectivity index (χ3n) is 2.77. The summed E-state index contributed by atoms with van der Waals surface area (Å²) in [6.45, 7) is 0. The molecule has 2 N–H and O–H groups in total. The van der Waals surface area contributed by atoms with Gasteiger partial charge in [0, 0.05) is 9.50 Å². The van der Waals surface area contributed by atoms with Crippen LogP contribution >= 0.6 is 27.5 Å². The average molecular weight is 319 g/mol. The minimum Gasteiger partial charge on any atom is -0.480 e. The molecule has 1 aromatic carbocycles. The van der Waals surface area contributed by atoms with Crippen molar-refractivity contribution >= 4 is 45.1 Å². The van der Waals surface area contributed by atoms with Crippen LogP contribution < -0.4 is 5.32 Å². The predicted molar refractivity (Wildman–Crippen MR) is 67.1 cm³/mol. The van der Waals surface area contributed by atoms with Crippen molar-refractivity contribution in [1.82, 2.24) is 0 Å². The first kappa shape index (κ1) is 12.4. The van der Waals surface area contributed by atoms with E-state index in [9.17, 15) is 9.59 Å². The number of rotatable bonds is 3. The zero-order valence-corrected chi connectivity index (χ0v) is 11.0. The van der Waals surface area contributed by atoms with Crippen molar-refractivity contribution < 1.29 is 14.7 Å². The molecule has 1 aliphatic rings. The molecule has 0 saturated heterocycles. The van der Waals surface area contributed by atoms with Gasteiger partial charge in [-0.3, -0.25) is 9.59 Å². The Bertz CT molecular complexity index is 499. The fourth-order valence-corrected chi connectivity index (χ4v) is 2.28. The van der Waals surface area contributed by atoms with Crippen molar-refractivity contribution in [3.05, 3.63) is 27.7 Å². The van der Waals surface area contributed by atoms with Gasteiger partial charge in [-0.15, -0.1) is 0 Å². The van der Waals surface area contributed by atoms with Crippen LogP contribution in [-0.2, 0) is 9.59 Å². The summed E-state index contributed by atoms with van der Waals surface area (Å²) in [7, 11) is 0. The molecule has 0 spiro atoms. The van der Waals surface area contributed by atoms with Crippen LogP contribution in [0.1, 0.15) is 12.8 Å². The van der Waals surface area contributed by atoms with Gasteiger partial charge in [0.1, 0.15) is 5.41 Å². The van der Waals surface area contributed by atoms with Gasteiger partial charge in [0.25, 0.3) is 0 Å². The molecule has 0 unspecified atom stereocenters. The maximum absolute atomic E-state index is 11.8. The van der Waals surface area contributed by atoms with E-state index in [4.69, 9.17) is 16.7 Å². The van der Waals surface area contributed by atoms with Crippen LogP contribution in [0.5, 0.6) is 0 Å². The van der Waals surface area contributed by atoms with Gasteiger partial charge in [-0.1, -0.05) is 11.6 Å². The Balaban J connectivity index is 2.17. The van der Waals surface area contributed by atoms with Crippen molar-refractivity contribution in [2.45, 2.75) is 12.8 Å². The molecular formula is C11H9BrClNO3. The lowest BCUT2D eigenvalue weighted by molar-refractivity contribution is -0.147. The first-order valence-corrected chi connectivity index (χ1v) is 6.13. The molecule has 0 radical (unpaired) electrons. The SMILES string of the molecule is O=C(O)C1(C(=O)Nc2ccc(Cl)cc2Br)CC1. The van der Waals surface area contributed by atoms with E-state index in [0.29, 0.717) is 28.0 Å². The highest BCUT2D eigenvalue weighted by atomic mass is 79.9. The van der Waals surface area contributed by atoms with Crippen molar-refractivity contribution in [1.29, 1.82) is 0 Å². The van der Waals surface area contributed by atoms with Crippen molar-refractivity contribution in [3.8, 4) is 0 Å². The fraction of sp³-hybridized carbons (Fsp3) is 0.273. The monoisotopic (exact) mass is 317 g/mol. The summed E-state index contributed by atoms with van der Waals surface area (Å²) in [5.74, 6) is -1.55. The Kier molecular flexibility index (Phi) is 3.14. The van der Waals surface area contributed by atoms with Gasteiger partial charge in [0.15, 0.2) is 0 Å². The molecular weight excluding hydrogens is 309 g/mol. The van der Waals surface area contributed by atoms with Gasteiger partial charge < -0.3 is 10.4 Å². The maximum Gasteiger partial charge on any atom is 0.319 e. The third kappa shape index (κ3) is 2.30. The molecule has 6 heteroatoms. The van der Waals surface area contributed by atoms with Crippen LogP contribution in [0, 0.1) is 5.41 Å². The molecule has 1 aromatic rings. The second-order valence-corrected chi connectivity index (χ2v) is 5.26. The van der Waals surface area contributed by atoms with Gasteiger partial charge in [-0.25, -0.2) is 0 Å². The number of hydrogen-bond acceptors (Lipinski definition) is 2. The van der Waals surface area contributed by atoms with Crippen LogP contribution in [-0.4, -0.2) is 17.0 Å². The van der Waals surface area contributed by atoms with Crippen molar-refractivity contribution in [2.24, 2.45) is 5.41 Å². The lowest BCUT2D eigenvalue weighted by Gasteiger charge is -2.12. The number of amides is 1. The van der Waals surface area contributed by atoms with Gasteiger partial charge in [0.05, 0.1) is 5.69 Å². The van der Waals surface area contributed by atoms with Gasteiger partial charge >= 0.3 is 5.97 Å². The van der Waals surface area contributed by atoms with E-state index in [2.05, 4.69) is 21.2 Å². The van der Waals surface area contributed by atoms with E-state index >= 15 is 0 Å². The van der Waals surface area contributed by atoms with Crippen LogP contribution in [0.25, 0.3) is 0 Å².